The SMILES string of the molecule is CNc1ccc2nccn2n1. The summed E-state index contributed by atoms with van der Waals surface area (Å²) in [4.78, 5) is 4.07. The van der Waals surface area contributed by atoms with Crippen LogP contribution in [0.25, 0.3) is 5.65 Å². The first-order chi connectivity index (χ1) is 5.40. The molecule has 0 radical (unpaired) electrons. The lowest BCUT2D eigenvalue weighted by Gasteiger charge is -1.97. The molecule has 0 saturated heterocycles. The van der Waals surface area contributed by atoms with Crippen LogP contribution in [0, 0.1) is 0 Å². The van der Waals surface area contributed by atoms with Gasteiger partial charge in [-0.3, -0.25) is 0 Å². The van der Waals surface area contributed by atoms with Gasteiger partial charge in [0.05, 0.1) is 0 Å². The molecule has 0 atom stereocenters. The molecule has 4 heteroatoms. The topological polar surface area (TPSA) is 42.2 Å². The van der Waals surface area contributed by atoms with E-state index in [-0.39, 0.29) is 0 Å². The Morgan fingerprint density at radius 2 is 2.36 bits per heavy atom. The summed E-state index contributed by atoms with van der Waals surface area (Å²) in [6.45, 7) is 0. The molecule has 0 unspecified atom stereocenters. The Bertz CT molecular complexity index is 365. The van der Waals surface area contributed by atoms with Gasteiger partial charge in [-0.05, 0) is 12.1 Å². The van der Waals surface area contributed by atoms with E-state index >= 15 is 0 Å². The van der Waals surface area contributed by atoms with Crippen molar-refractivity contribution in [1.82, 2.24) is 14.6 Å². The zero-order valence-corrected chi connectivity index (χ0v) is 6.15. The largest absolute Gasteiger partial charge is 0.372 e. The maximum absolute atomic E-state index is 4.20. The van der Waals surface area contributed by atoms with Crippen molar-refractivity contribution in [2.24, 2.45) is 0 Å². The average Bonchev–Trinajstić information content (AvgIpc) is 2.50. The highest BCUT2D eigenvalue weighted by molar-refractivity contribution is 5.43. The number of hydrogen-bond acceptors (Lipinski definition) is 3. The van der Waals surface area contributed by atoms with Crippen LogP contribution in [-0.2, 0) is 0 Å². The molecule has 0 fully saturated rings. The summed E-state index contributed by atoms with van der Waals surface area (Å²) >= 11 is 0. The van der Waals surface area contributed by atoms with Crippen LogP contribution in [0.3, 0.4) is 0 Å². The van der Waals surface area contributed by atoms with Gasteiger partial charge in [0.15, 0.2) is 5.65 Å². The minimum atomic E-state index is 0.843. The molecule has 0 amide bonds. The van der Waals surface area contributed by atoms with Crippen LogP contribution in [-0.4, -0.2) is 21.6 Å². The normalized spacial score (nSPS) is 10.3. The molecule has 11 heavy (non-hydrogen) atoms. The fourth-order valence-electron chi connectivity index (χ4n) is 0.949. The van der Waals surface area contributed by atoms with Crippen LogP contribution >= 0.6 is 0 Å². The van der Waals surface area contributed by atoms with Crippen molar-refractivity contribution in [2.75, 3.05) is 12.4 Å². The summed E-state index contributed by atoms with van der Waals surface area (Å²) in [6, 6.07) is 3.81. The number of fused-ring (bicyclic) bond motifs is 1. The van der Waals surface area contributed by atoms with Crippen LogP contribution < -0.4 is 5.32 Å². The van der Waals surface area contributed by atoms with Crippen molar-refractivity contribution in [1.29, 1.82) is 0 Å². The Morgan fingerprint density at radius 3 is 3.18 bits per heavy atom. The fourth-order valence-corrected chi connectivity index (χ4v) is 0.949. The molecule has 0 aliphatic carbocycles. The second kappa shape index (κ2) is 2.23. The maximum atomic E-state index is 4.20. The minimum absolute atomic E-state index is 0.843. The van der Waals surface area contributed by atoms with Gasteiger partial charge in [0.2, 0.25) is 0 Å². The Labute approximate surface area is 63.9 Å². The molecule has 2 rings (SSSR count). The predicted molar refractivity (Wildman–Crippen MR) is 42.5 cm³/mol. The first kappa shape index (κ1) is 6.15. The zero-order valence-electron chi connectivity index (χ0n) is 6.15. The monoisotopic (exact) mass is 148 g/mol. The molecule has 4 nitrogen and oxygen atoms in total. The molecule has 0 spiro atoms. The van der Waals surface area contributed by atoms with Gasteiger partial charge in [0.25, 0.3) is 0 Å². The first-order valence-electron chi connectivity index (χ1n) is 3.38. The zero-order chi connectivity index (χ0) is 7.68. The van der Waals surface area contributed by atoms with E-state index in [0.29, 0.717) is 0 Å². The number of anilines is 1. The van der Waals surface area contributed by atoms with Gasteiger partial charge in [-0.15, -0.1) is 5.10 Å². The summed E-state index contributed by atoms with van der Waals surface area (Å²) in [7, 11) is 1.84. The molecule has 1 N–H and O–H groups in total. The summed E-state index contributed by atoms with van der Waals surface area (Å²) in [6.07, 6.45) is 3.54. The lowest BCUT2D eigenvalue weighted by Crippen LogP contribution is -1.96. The number of aromatic nitrogens is 3. The molecular weight excluding hydrogens is 140 g/mol. The third-order valence-electron chi connectivity index (χ3n) is 1.51. The summed E-state index contributed by atoms with van der Waals surface area (Å²) in [5.74, 6) is 0.843. The highest BCUT2D eigenvalue weighted by Gasteiger charge is 1.93. The van der Waals surface area contributed by atoms with Gasteiger partial charge in [-0.2, -0.15) is 0 Å². The van der Waals surface area contributed by atoms with Crippen molar-refractivity contribution in [3.05, 3.63) is 24.5 Å². The second-order valence-corrected chi connectivity index (χ2v) is 2.20. The van der Waals surface area contributed by atoms with Gasteiger partial charge in [0.1, 0.15) is 5.82 Å². The van der Waals surface area contributed by atoms with Gasteiger partial charge in [-0.1, -0.05) is 0 Å². The van der Waals surface area contributed by atoms with E-state index in [1.54, 1.807) is 10.7 Å². The average molecular weight is 148 g/mol. The number of nitrogens with zero attached hydrogens (tertiary/aromatic N) is 3. The number of imidazole rings is 1. The van der Waals surface area contributed by atoms with Crippen LogP contribution in [0.4, 0.5) is 5.82 Å². The highest BCUT2D eigenvalue weighted by atomic mass is 15.3. The Hall–Kier alpha value is -1.58. The molecule has 2 aromatic rings. The molecule has 56 valence electrons. The fraction of sp³-hybridized carbons (Fsp3) is 0.143. The van der Waals surface area contributed by atoms with Crippen molar-refractivity contribution in [2.45, 2.75) is 0 Å². The lowest BCUT2D eigenvalue weighted by molar-refractivity contribution is 0.939. The van der Waals surface area contributed by atoms with Crippen molar-refractivity contribution < 1.29 is 0 Å². The smallest absolute Gasteiger partial charge is 0.153 e. The Kier molecular flexibility index (Phi) is 1.25. The third kappa shape index (κ3) is 0.920. The third-order valence-corrected chi connectivity index (χ3v) is 1.51. The van der Waals surface area contributed by atoms with Gasteiger partial charge in [-0.25, -0.2) is 9.50 Å². The maximum Gasteiger partial charge on any atom is 0.153 e. The lowest BCUT2D eigenvalue weighted by atomic mass is 10.5. The van der Waals surface area contributed by atoms with E-state index in [1.807, 2.05) is 25.4 Å². The Balaban J connectivity index is 2.67. The number of nitrogens with one attached hydrogen (secondary N) is 1. The molecule has 2 heterocycles. The summed E-state index contributed by atoms with van der Waals surface area (Å²) in [5, 5.41) is 7.15. The molecule has 2 aromatic heterocycles. The van der Waals surface area contributed by atoms with Crippen molar-refractivity contribution in [3.8, 4) is 0 Å². The highest BCUT2D eigenvalue weighted by Crippen LogP contribution is 2.03. The van der Waals surface area contributed by atoms with E-state index in [1.165, 1.54) is 0 Å². The van der Waals surface area contributed by atoms with Crippen LogP contribution in [0.2, 0.25) is 0 Å². The molecular formula is C7H8N4. The molecule has 0 saturated carbocycles. The standard InChI is InChI=1S/C7H8N4/c1-8-6-2-3-7-9-4-5-11(7)10-6/h2-5H,1H3,(H,8,10). The first-order valence-corrected chi connectivity index (χ1v) is 3.38. The summed E-state index contributed by atoms with van der Waals surface area (Å²) < 4.78 is 1.73. The minimum Gasteiger partial charge on any atom is -0.372 e. The predicted octanol–water partition coefficient (Wildman–Crippen LogP) is 0.771. The van der Waals surface area contributed by atoms with Crippen molar-refractivity contribution >= 4 is 11.5 Å². The summed E-state index contributed by atoms with van der Waals surface area (Å²) in [5.41, 5.74) is 0.865. The molecule has 0 aliphatic rings. The molecule has 0 bridgehead atoms. The van der Waals surface area contributed by atoms with E-state index in [9.17, 15) is 0 Å². The second-order valence-electron chi connectivity index (χ2n) is 2.20. The van der Waals surface area contributed by atoms with Crippen LogP contribution in [0.15, 0.2) is 24.5 Å². The van der Waals surface area contributed by atoms with E-state index in [4.69, 9.17) is 0 Å². The van der Waals surface area contributed by atoms with Gasteiger partial charge in [0, 0.05) is 19.4 Å². The Morgan fingerprint density at radius 1 is 1.45 bits per heavy atom. The van der Waals surface area contributed by atoms with Crippen LogP contribution in [0.5, 0.6) is 0 Å². The number of hydrogen-bond donors (Lipinski definition) is 1. The quantitative estimate of drug-likeness (QED) is 0.649. The molecule has 0 aromatic carbocycles. The van der Waals surface area contributed by atoms with Gasteiger partial charge < -0.3 is 5.32 Å². The van der Waals surface area contributed by atoms with E-state index in [0.717, 1.165) is 11.5 Å². The number of rotatable bonds is 1. The molecule has 0 aliphatic heterocycles. The van der Waals surface area contributed by atoms with Gasteiger partial charge >= 0.3 is 0 Å². The van der Waals surface area contributed by atoms with E-state index in [2.05, 4.69) is 15.4 Å². The van der Waals surface area contributed by atoms with Crippen molar-refractivity contribution in [3.63, 3.8) is 0 Å². The van der Waals surface area contributed by atoms with E-state index < -0.39 is 0 Å². The van der Waals surface area contributed by atoms with Crippen LogP contribution in [0.1, 0.15) is 0 Å².